The normalized spacial score (nSPS) is 17.6. The summed E-state index contributed by atoms with van der Waals surface area (Å²) >= 11 is 0. The van der Waals surface area contributed by atoms with Crippen LogP contribution < -0.4 is 10.1 Å². The summed E-state index contributed by atoms with van der Waals surface area (Å²) < 4.78 is 5.50. The summed E-state index contributed by atoms with van der Waals surface area (Å²) in [5.74, 6) is 1.30. The van der Waals surface area contributed by atoms with Crippen molar-refractivity contribution in [3.8, 4) is 11.8 Å². The van der Waals surface area contributed by atoms with Crippen molar-refractivity contribution in [2.75, 3.05) is 26.2 Å². The van der Waals surface area contributed by atoms with E-state index in [2.05, 4.69) is 18.3 Å². The van der Waals surface area contributed by atoms with Crippen LogP contribution in [0.5, 0.6) is 5.75 Å². The van der Waals surface area contributed by atoms with Crippen LogP contribution in [0.1, 0.15) is 18.9 Å². The molecule has 1 aromatic carbocycles. The maximum absolute atomic E-state index is 11.8. The number of nitriles is 1. The van der Waals surface area contributed by atoms with E-state index in [4.69, 9.17) is 10.00 Å². The lowest BCUT2D eigenvalue weighted by Crippen LogP contribution is -2.40. The van der Waals surface area contributed by atoms with Crippen molar-refractivity contribution in [3.63, 3.8) is 0 Å². The molecule has 0 aromatic heterocycles. The quantitative estimate of drug-likeness (QED) is 0.853. The van der Waals surface area contributed by atoms with Crippen LogP contribution in [0.2, 0.25) is 0 Å². The smallest absolute Gasteiger partial charge is 0.317 e. The van der Waals surface area contributed by atoms with Crippen LogP contribution in [-0.4, -0.2) is 37.2 Å². The number of nitrogens with one attached hydrogen (secondary N) is 1. The molecule has 1 N–H and O–H groups in total. The maximum Gasteiger partial charge on any atom is 0.317 e. The average molecular weight is 273 g/mol. The molecule has 0 unspecified atom stereocenters. The molecule has 0 radical (unpaired) electrons. The Morgan fingerprint density at radius 2 is 2.25 bits per heavy atom. The highest BCUT2D eigenvalue weighted by atomic mass is 16.5. The number of ether oxygens (including phenoxy) is 1. The summed E-state index contributed by atoms with van der Waals surface area (Å²) in [5.41, 5.74) is 0.605. The van der Waals surface area contributed by atoms with E-state index in [1.54, 1.807) is 24.3 Å². The van der Waals surface area contributed by atoms with E-state index < -0.39 is 0 Å². The van der Waals surface area contributed by atoms with E-state index in [9.17, 15) is 4.79 Å². The number of urea groups is 1. The van der Waals surface area contributed by atoms with Gasteiger partial charge in [0.15, 0.2) is 0 Å². The number of likely N-dealkylation sites (tertiary alicyclic amines) is 1. The molecule has 20 heavy (non-hydrogen) atoms. The second-order valence-electron chi connectivity index (χ2n) is 5.06. The first kappa shape index (κ1) is 14.2. The minimum atomic E-state index is -0.0159. The molecule has 1 atom stereocenters. The topological polar surface area (TPSA) is 65.4 Å². The van der Waals surface area contributed by atoms with Gasteiger partial charge in [-0.2, -0.15) is 5.26 Å². The van der Waals surface area contributed by atoms with Crippen LogP contribution in [0.3, 0.4) is 0 Å². The second-order valence-corrected chi connectivity index (χ2v) is 5.06. The van der Waals surface area contributed by atoms with Gasteiger partial charge in [-0.05, 0) is 36.6 Å². The molecular formula is C15H19N3O2. The van der Waals surface area contributed by atoms with Gasteiger partial charge in [0, 0.05) is 13.1 Å². The first-order chi connectivity index (χ1) is 9.69. The summed E-state index contributed by atoms with van der Waals surface area (Å²) in [5, 5.41) is 11.5. The lowest BCUT2D eigenvalue weighted by molar-refractivity contribution is 0.204. The Morgan fingerprint density at radius 3 is 2.85 bits per heavy atom. The zero-order valence-corrected chi connectivity index (χ0v) is 11.6. The van der Waals surface area contributed by atoms with E-state index in [1.807, 2.05) is 4.90 Å². The largest absolute Gasteiger partial charge is 0.492 e. The Kier molecular flexibility index (Phi) is 4.83. The predicted molar refractivity (Wildman–Crippen MR) is 75.4 cm³/mol. The van der Waals surface area contributed by atoms with Crippen LogP contribution >= 0.6 is 0 Å². The molecule has 0 spiro atoms. The number of amides is 2. The highest BCUT2D eigenvalue weighted by Gasteiger charge is 2.22. The molecule has 5 nitrogen and oxygen atoms in total. The van der Waals surface area contributed by atoms with Crippen LogP contribution in [0.25, 0.3) is 0 Å². The molecule has 2 amide bonds. The number of nitrogens with zero attached hydrogens (tertiary/aromatic N) is 2. The van der Waals surface area contributed by atoms with Crippen molar-refractivity contribution in [2.24, 2.45) is 5.92 Å². The van der Waals surface area contributed by atoms with Gasteiger partial charge in [-0.3, -0.25) is 0 Å². The van der Waals surface area contributed by atoms with Crippen LogP contribution in [0, 0.1) is 17.2 Å². The molecule has 5 heteroatoms. The van der Waals surface area contributed by atoms with Gasteiger partial charge in [-0.1, -0.05) is 6.92 Å². The third kappa shape index (κ3) is 3.89. The van der Waals surface area contributed by atoms with Gasteiger partial charge in [0.25, 0.3) is 0 Å². The summed E-state index contributed by atoms with van der Waals surface area (Å²) in [7, 11) is 0. The van der Waals surface area contributed by atoms with Crippen molar-refractivity contribution in [3.05, 3.63) is 29.8 Å². The maximum atomic E-state index is 11.8. The highest BCUT2D eigenvalue weighted by Crippen LogP contribution is 2.14. The molecule has 1 aromatic rings. The van der Waals surface area contributed by atoms with Gasteiger partial charge >= 0.3 is 6.03 Å². The Morgan fingerprint density at radius 1 is 1.50 bits per heavy atom. The lowest BCUT2D eigenvalue weighted by Gasteiger charge is -2.16. The highest BCUT2D eigenvalue weighted by molar-refractivity contribution is 5.74. The van der Waals surface area contributed by atoms with E-state index in [0.717, 1.165) is 19.5 Å². The van der Waals surface area contributed by atoms with Gasteiger partial charge in [-0.25, -0.2) is 4.79 Å². The molecular weight excluding hydrogens is 254 g/mol. The molecule has 1 saturated heterocycles. The number of carbonyl (C=O) groups is 1. The van der Waals surface area contributed by atoms with Crippen molar-refractivity contribution >= 4 is 6.03 Å². The lowest BCUT2D eigenvalue weighted by atomic mass is 10.2. The van der Waals surface area contributed by atoms with E-state index >= 15 is 0 Å². The third-order valence-corrected chi connectivity index (χ3v) is 3.34. The summed E-state index contributed by atoms with van der Waals surface area (Å²) in [4.78, 5) is 13.6. The Balaban J connectivity index is 1.66. The fraction of sp³-hybridized carbons (Fsp3) is 0.467. The van der Waals surface area contributed by atoms with Gasteiger partial charge in [0.05, 0.1) is 18.2 Å². The number of hydrogen-bond donors (Lipinski definition) is 1. The van der Waals surface area contributed by atoms with E-state index in [-0.39, 0.29) is 6.03 Å². The number of rotatable bonds is 4. The summed E-state index contributed by atoms with van der Waals surface area (Å²) in [6.45, 7) is 4.72. The van der Waals surface area contributed by atoms with Gasteiger partial charge in [0.1, 0.15) is 12.4 Å². The zero-order valence-electron chi connectivity index (χ0n) is 11.6. The number of carbonyl (C=O) groups excluding carboxylic acids is 1. The van der Waals surface area contributed by atoms with Gasteiger partial charge < -0.3 is 15.0 Å². The minimum absolute atomic E-state index is 0.0159. The fourth-order valence-corrected chi connectivity index (χ4v) is 2.18. The number of benzene rings is 1. The first-order valence-corrected chi connectivity index (χ1v) is 6.85. The Bertz CT molecular complexity index is 493. The minimum Gasteiger partial charge on any atom is -0.492 e. The summed E-state index contributed by atoms with van der Waals surface area (Å²) in [6.07, 6.45) is 1.08. The van der Waals surface area contributed by atoms with Crippen molar-refractivity contribution in [1.82, 2.24) is 10.2 Å². The van der Waals surface area contributed by atoms with Gasteiger partial charge in [0.2, 0.25) is 0 Å². The van der Waals surface area contributed by atoms with Crippen molar-refractivity contribution in [2.45, 2.75) is 13.3 Å². The second kappa shape index (κ2) is 6.80. The van der Waals surface area contributed by atoms with E-state index in [1.165, 1.54) is 0 Å². The monoisotopic (exact) mass is 273 g/mol. The predicted octanol–water partition coefficient (Wildman–Crippen LogP) is 1.99. The molecule has 1 fully saturated rings. The molecule has 0 aliphatic carbocycles. The van der Waals surface area contributed by atoms with E-state index in [0.29, 0.717) is 30.4 Å². The number of hydrogen-bond acceptors (Lipinski definition) is 3. The molecule has 0 bridgehead atoms. The third-order valence-electron chi connectivity index (χ3n) is 3.34. The van der Waals surface area contributed by atoms with Crippen LogP contribution in [0.15, 0.2) is 24.3 Å². The fourth-order valence-electron chi connectivity index (χ4n) is 2.18. The average Bonchev–Trinajstić information content (AvgIpc) is 2.91. The molecule has 2 rings (SSSR count). The van der Waals surface area contributed by atoms with Gasteiger partial charge in [-0.15, -0.1) is 0 Å². The SMILES string of the molecule is C[C@@H]1CCN(C(=O)NCCOc2ccc(C#N)cc2)C1. The standard InChI is InChI=1S/C15H19N3O2/c1-12-6-8-18(11-12)15(19)17-7-9-20-14-4-2-13(10-16)3-5-14/h2-5,12H,6-9,11H2,1H3,(H,17,19)/t12-/m1/s1. The zero-order chi connectivity index (χ0) is 14.4. The first-order valence-electron chi connectivity index (χ1n) is 6.85. The summed E-state index contributed by atoms with van der Waals surface area (Å²) in [6, 6.07) is 8.96. The molecule has 1 aliphatic rings. The van der Waals surface area contributed by atoms with Crippen LogP contribution in [0.4, 0.5) is 4.79 Å². The molecule has 1 aliphatic heterocycles. The van der Waals surface area contributed by atoms with Crippen molar-refractivity contribution in [1.29, 1.82) is 5.26 Å². The molecule has 1 heterocycles. The molecule has 106 valence electrons. The Hall–Kier alpha value is -2.22. The van der Waals surface area contributed by atoms with Crippen molar-refractivity contribution < 1.29 is 9.53 Å². The molecule has 0 saturated carbocycles. The van der Waals surface area contributed by atoms with Crippen LogP contribution in [-0.2, 0) is 0 Å². The Labute approximate surface area is 119 Å².